The van der Waals surface area contributed by atoms with Crippen molar-refractivity contribution in [1.29, 1.82) is 0 Å². The molecule has 0 nitrogen and oxygen atoms in total. The quantitative estimate of drug-likeness (QED) is 0.470. The molecule has 0 saturated heterocycles. The highest BCUT2D eigenvalue weighted by Crippen LogP contribution is 2.16. The Morgan fingerprint density at radius 2 is 1.38 bits per heavy atom. The predicted molar refractivity (Wildman–Crippen MR) is 62.7 cm³/mol. The highest BCUT2D eigenvalue weighted by Gasteiger charge is 2.23. The standard InChI is InChI=1S/C12H16Si/c1-5-9-11-13(7-3,8-4)12-10-6-2/h7-8H,3-4,11-12H2,1-2H3. The summed E-state index contributed by atoms with van der Waals surface area (Å²) in [5.74, 6) is 12.0. The first-order valence-corrected chi connectivity index (χ1v) is 6.88. The van der Waals surface area contributed by atoms with Crippen molar-refractivity contribution in [1.82, 2.24) is 0 Å². The molecule has 0 atom stereocenters. The van der Waals surface area contributed by atoms with Gasteiger partial charge >= 0.3 is 0 Å². The van der Waals surface area contributed by atoms with Gasteiger partial charge in [-0.15, -0.1) is 36.8 Å². The van der Waals surface area contributed by atoms with Crippen LogP contribution < -0.4 is 0 Å². The van der Waals surface area contributed by atoms with Crippen LogP contribution in [0.5, 0.6) is 0 Å². The van der Waals surface area contributed by atoms with E-state index in [4.69, 9.17) is 0 Å². The summed E-state index contributed by atoms with van der Waals surface area (Å²) >= 11 is 0. The van der Waals surface area contributed by atoms with E-state index in [1.54, 1.807) is 0 Å². The van der Waals surface area contributed by atoms with Crippen molar-refractivity contribution in [2.75, 3.05) is 0 Å². The van der Waals surface area contributed by atoms with Crippen molar-refractivity contribution < 1.29 is 0 Å². The molecule has 0 unspecified atom stereocenters. The third kappa shape index (κ3) is 3.83. The summed E-state index contributed by atoms with van der Waals surface area (Å²) in [5.41, 5.74) is 4.04. The Bertz CT molecular complexity index is 259. The molecule has 0 fully saturated rings. The van der Waals surface area contributed by atoms with E-state index in [0.29, 0.717) is 0 Å². The zero-order valence-corrected chi connectivity index (χ0v) is 9.48. The molecule has 0 aliphatic carbocycles. The molecule has 0 amide bonds. The van der Waals surface area contributed by atoms with E-state index < -0.39 is 8.07 Å². The second-order valence-corrected chi connectivity index (χ2v) is 6.84. The Hall–Kier alpha value is -1.18. The smallest absolute Gasteiger partial charge is 0.107 e. The molecule has 0 saturated carbocycles. The lowest BCUT2D eigenvalue weighted by atomic mass is 10.7. The summed E-state index contributed by atoms with van der Waals surface area (Å²) in [6.45, 7) is 11.4. The first-order valence-electron chi connectivity index (χ1n) is 4.31. The minimum atomic E-state index is -1.60. The minimum Gasteiger partial charge on any atom is -0.107 e. The van der Waals surface area contributed by atoms with E-state index in [1.807, 2.05) is 25.2 Å². The third-order valence-corrected chi connectivity index (χ3v) is 5.30. The molecule has 0 heterocycles. The van der Waals surface area contributed by atoms with Crippen LogP contribution in [0, 0.1) is 23.7 Å². The van der Waals surface area contributed by atoms with Gasteiger partial charge in [-0.3, -0.25) is 0 Å². The lowest BCUT2D eigenvalue weighted by Gasteiger charge is -2.17. The highest BCUT2D eigenvalue weighted by atomic mass is 28.3. The van der Waals surface area contributed by atoms with Gasteiger partial charge in [0.1, 0.15) is 8.07 Å². The van der Waals surface area contributed by atoms with Crippen LogP contribution in [0.15, 0.2) is 24.6 Å². The zero-order valence-electron chi connectivity index (χ0n) is 8.48. The van der Waals surface area contributed by atoms with Crippen LogP contribution in [0.25, 0.3) is 0 Å². The van der Waals surface area contributed by atoms with Crippen molar-refractivity contribution >= 4 is 8.07 Å². The van der Waals surface area contributed by atoms with Gasteiger partial charge in [-0.2, -0.15) is 0 Å². The molecule has 13 heavy (non-hydrogen) atoms. The van der Waals surface area contributed by atoms with E-state index in [2.05, 4.69) is 36.8 Å². The molecule has 0 N–H and O–H groups in total. The SMILES string of the molecule is C=C[Si](C=C)(CC#CC)CC#CC. The summed E-state index contributed by atoms with van der Waals surface area (Å²) < 4.78 is 0. The molecule has 0 aromatic heterocycles. The Morgan fingerprint density at radius 3 is 1.62 bits per heavy atom. The Kier molecular flexibility index (Phi) is 5.77. The van der Waals surface area contributed by atoms with Gasteiger partial charge in [-0.1, -0.05) is 11.4 Å². The molecule has 0 rings (SSSR count). The monoisotopic (exact) mass is 188 g/mol. The highest BCUT2D eigenvalue weighted by molar-refractivity contribution is 6.89. The fourth-order valence-electron chi connectivity index (χ4n) is 0.940. The van der Waals surface area contributed by atoms with Crippen LogP contribution in [0.4, 0.5) is 0 Å². The van der Waals surface area contributed by atoms with Crippen molar-refractivity contribution in [3.05, 3.63) is 24.6 Å². The fourth-order valence-corrected chi connectivity index (χ4v) is 2.82. The zero-order chi connectivity index (χ0) is 10.2. The maximum atomic E-state index is 3.86. The van der Waals surface area contributed by atoms with Gasteiger partial charge in [0.05, 0.1) is 0 Å². The molecule has 0 aliphatic rings. The molecule has 0 aliphatic heterocycles. The maximum absolute atomic E-state index is 3.86. The first-order chi connectivity index (χ1) is 6.24. The Morgan fingerprint density at radius 1 is 1.00 bits per heavy atom. The van der Waals surface area contributed by atoms with Gasteiger partial charge in [0.15, 0.2) is 0 Å². The lowest BCUT2D eigenvalue weighted by molar-refractivity contribution is 1.55. The van der Waals surface area contributed by atoms with E-state index in [-0.39, 0.29) is 0 Å². The first kappa shape index (κ1) is 11.8. The molecule has 0 bridgehead atoms. The van der Waals surface area contributed by atoms with Crippen molar-refractivity contribution in [3.8, 4) is 23.7 Å². The summed E-state index contributed by atoms with van der Waals surface area (Å²) in [4.78, 5) is 0. The number of hydrogen-bond donors (Lipinski definition) is 0. The summed E-state index contributed by atoms with van der Waals surface area (Å²) in [6.07, 6.45) is 0. The topological polar surface area (TPSA) is 0 Å². The van der Waals surface area contributed by atoms with Gasteiger partial charge in [0.2, 0.25) is 0 Å². The van der Waals surface area contributed by atoms with Gasteiger partial charge in [0, 0.05) is 12.1 Å². The van der Waals surface area contributed by atoms with Gasteiger partial charge in [-0.05, 0) is 13.8 Å². The Labute approximate surface area is 82.8 Å². The average molecular weight is 188 g/mol. The van der Waals surface area contributed by atoms with E-state index in [9.17, 15) is 0 Å². The molecular formula is C12H16Si. The van der Waals surface area contributed by atoms with Gasteiger partial charge in [-0.25, -0.2) is 0 Å². The van der Waals surface area contributed by atoms with Crippen LogP contribution in [-0.4, -0.2) is 8.07 Å². The molecule has 1 heteroatoms. The minimum absolute atomic E-state index is 0.894. The van der Waals surface area contributed by atoms with Gasteiger partial charge < -0.3 is 0 Å². The average Bonchev–Trinajstić information content (AvgIpc) is 2.20. The van der Waals surface area contributed by atoms with Crippen LogP contribution in [0.2, 0.25) is 12.1 Å². The van der Waals surface area contributed by atoms with E-state index >= 15 is 0 Å². The third-order valence-electron chi connectivity index (χ3n) is 2.00. The molecular weight excluding hydrogens is 172 g/mol. The van der Waals surface area contributed by atoms with Crippen LogP contribution in [0.3, 0.4) is 0 Å². The number of rotatable bonds is 4. The largest absolute Gasteiger partial charge is 0.124 e. The predicted octanol–water partition coefficient (Wildman–Crippen LogP) is 2.93. The second-order valence-electron chi connectivity index (χ2n) is 2.85. The second kappa shape index (κ2) is 6.35. The molecule has 0 aromatic carbocycles. The molecule has 0 aromatic rings. The molecule has 0 radical (unpaired) electrons. The van der Waals surface area contributed by atoms with Gasteiger partial charge in [0.25, 0.3) is 0 Å². The normalized spacial score (nSPS) is 8.77. The fraction of sp³-hybridized carbons (Fsp3) is 0.333. The van der Waals surface area contributed by atoms with Crippen LogP contribution in [-0.2, 0) is 0 Å². The van der Waals surface area contributed by atoms with Crippen LogP contribution in [0.1, 0.15) is 13.8 Å². The van der Waals surface area contributed by atoms with Crippen LogP contribution >= 0.6 is 0 Å². The molecule has 0 spiro atoms. The number of hydrogen-bond acceptors (Lipinski definition) is 0. The molecule has 68 valence electrons. The van der Waals surface area contributed by atoms with Crippen molar-refractivity contribution in [2.45, 2.75) is 25.9 Å². The van der Waals surface area contributed by atoms with Crippen molar-refractivity contribution in [3.63, 3.8) is 0 Å². The summed E-state index contributed by atoms with van der Waals surface area (Å²) in [7, 11) is -1.60. The van der Waals surface area contributed by atoms with Crippen molar-refractivity contribution in [2.24, 2.45) is 0 Å². The summed E-state index contributed by atoms with van der Waals surface area (Å²) in [5, 5.41) is 0. The van der Waals surface area contributed by atoms with E-state index in [0.717, 1.165) is 12.1 Å². The summed E-state index contributed by atoms with van der Waals surface area (Å²) in [6, 6.07) is 1.79. The maximum Gasteiger partial charge on any atom is 0.124 e. The van der Waals surface area contributed by atoms with E-state index in [1.165, 1.54) is 0 Å². The Balaban J connectivity index is 4.60. The lowest BCUT2D eigenvalue weighted by Crippen LogP contribution is -2.27.